The van der Waals surface area contributed by atoms with Crippen LogP contribution in [0.4, 0.5) is 0 Å². The highest BCUT2D eigenvalue weighted by molar-refractivity contribution is 5.85. The minimum Gasteiger partial charge on any atom is -0.354 e. The minimum atomic E-state index is -0.0224. The summed E-state index contributed by atoms with van der Waals surface area (Å²) in [7, 11) is 0. The molecule has 2 rings (SSSR count). The number of nitrogens with one attached hydrogen (secondary N) is 2. The normalized spacial score (nSPS) is 25.1. The molecular weight excluding hydrogens is 218 g/mol. The van der Waals surface area contributed by atoms with Crippen molar-refractivity contribution in [3.05, 3.63) is 0 Å². The number of amides is 2. The van der Waals surface area contributed by atoms with Crippen molar-refractivity contribution in [3.8, 4) is 0 Å². The SMILES string of the molecule is O=C(CN1CCCC1=O)NCC1CCCNC1. The van der Waals surface area contributed by atoms with Crippen LogP contribution in [-0.4, -0.2) is 49.4 Å². The van der Waals surface area contributed by atoms with Gasteiger partial charge in [-0.1, -0.05) is 0 Å². The van der Waals surface area contributed by atoms with E-state index in [0.29, 0.717) is 12.3 Å². The molecular formula is C12H21N3O2. The Kier molecular flexibility index (Phi) is 4.36. The number of rotatable bonds is 4. The number of likely N-dealkylation sites (tertiary alicyclic amines) is 1. The van der Waals surface area contributed by atoms with Crippen molar-refractivity contribution in [3.63, 3.8) is 0 Å². The largest absolute Gasteiger partial charge is 0.354 e. The number of piperidine rings is 1. The highest BCUT2D eigenvalue weighted by Crippen LogP contribution is 2.10. The maximum Gasteiger partial charge on any atom is 0.239 e. The van der Waals surface area contributed by atoms with Crippen molar-refractivity contribution in [2.45, 2.75) is 25.7 Å². The third-order valence-electron chi connectivity index (χ3n) is 3.49. The van der Waals surface area contributed by atoms with Crippen molar-refractivity contribution in [2.75, 3.05) is 32.7 Å². The van der Waals surface area contributed by atoms with Gasteiger partial charge in [-0.2, -0.15) is 0 Å². The Bertz CT molecular complexity index is 287. The molecule has 2 saturated heterocycles. The Balaban J connectivity index is 1.64. The molecule has 1 unspecified atom stereocenters. The molecule has 0 aromatic heterocycles. The number of hydrogen-bond donors (Lipinski definition) is 2. The third-order valence-corrected chi connectivity index (χ3v) is 3.49. The van der Waals surface area contributed by atoms with Crippen molar-refractivity contribution >= 4 is 11.8 Å². The molecule has 0 aromatic rings. The van der Waals surface area contributed by atoms with Gasteiger partial charge in [0.05, 0.1) is 6.54 Å². The number of carbonyl (C=O) groups excluding carboxylic acids is 2. The fraction of sp³-hybridized carbons (Fsp3) is 0.833. The molecule has 0 aliphatic carbocycles. The van der Waals surface area contributed by atoms with Gasteiger partial charge < -0.3 is 15.5 Å². The summed E-state index contributed by atoms with van der Waals surface area (Å²) >= 11 is 0. The van der Waals surface area contributed by atoms with Crippen molar-refractivity contribution in [1.29, 1.82) is 0 Å². The molecule has 0 saturated carbocycles. The lowest BCUT2D eigenvalue weighted by molar-refractivity contribution is -0.133. The van der Waals surface area contributed by atoms with Gasteiger partial charge in [0.2, 0.25) is 11.8 Å². The summed E-state index contributed by atoms with van der Waals surface area (Å²) < 4.78 is 0. The summed E-state index contributed by atoms with van der Waals surface area (Å²) in [6, 6.07) is 0. The first-order valence-electron chi connectivity index (χ1n) is 6.51. The molecule has 0 radical (unpaired) electrons. The van der Waals surface area contributed by atoms with Crippen LogP contribution in [0.1, 0.15) is 25.7 Å². The second-order valence-electron chi connectivity index (χ2n) is 4.94. The smallest absolute Gasteiger partial charge is 0.239 e. The number of hydrogen-bond acceptors (Lipinski definition) is 3. The quantitative estimate of drug-likeness (QED) is 0.709. The lowest BCUT2D eigenvalue weighted by atomic mass is 10.00. The van der Waals surface area contributed by atoms with Gasteiger partial charge in [-0.3, -0.25) is 9.59 Å². The highest BCUT2D eigenvalue weighted by Gasteiger charge is 2.22. The monoisotopic (exact) mass is 239 g/mol. The molecule has 0 bridgehead atoms. The molecule has 1 atom stereocenters. The van der Waals surface area contributed by atoms with E-state index < -0.39 is 0 Å². The zero-order valence-corrected chi connectivity index (χ0v) is 10.2. The van der Waals surface area contributed by atoms with E-state index in [4.69, 9.17) is 0 Å². The van der Waals surface area contributed by atoms with Crippen LogP contribution in [0, 0.1) is 5.92 Å². The van der Waals surface area contributed by atoms with E-state index in [1.165, 1.54) is 12.8 Å². The summed E-state index contributed by atoms with van der Waals surface area (Å²) in [5.74, 6) is 0.632. The molecule has 2 N–H and O–H groups in total. The van der Waals surface area contributed by atoms with Crippen molar-refractivity contribution in [1.82, 2.24) is 15.5 Å². The summed E-state index contributed by atoms with van der Waals surface area (Å²) in [5, 5.41) is 6.25. The van der Waals surface area contributed by atoms with Crippen LogP contribution in [0.25, 0.3) is 0 Å². The van der Waals surface area contributed by atoms with Gasteiger partial charge in [0, 0.05) is 19.5 Å². The zero-order chi connectivity index (χ0) is 12.1. The Morgan fingerprint density at radius 3 is 3.00 bits per heavy atom. The summed E-state index contributed by atoms with van der Waals surface area (Å²) in [6.45, 7) is 3.78. The molecule has 2 heterocycles. The molecule has 2 aliphatic heterocycles. The summed E-state index contributed by atoms with van der Waals surface area (Å²) in [6.07, 6.45) is 3.85. The van der Waals surface area contributed by atoms with Gasteiger partial charge in [0.25, 0.3) is 0 Å². The molecule has 96 valence electrons. The fourth-order valence-electron chi connectivity index (χ4n) is 2.46. The maximum atomic E-state index is 11.7. The fourth-order valence-corrected chi connectivity index (χ4v) is 2.46. The van der Waals surface area contributed by atoms with Crippen LogP contribution in [0.2, 0.25) is 0 Å². The topological polar surface area (TPSA) is 61.4 Å². The van der Waals surface area contributed by atoms with Gasteiger partial charge in [-0.15, -0.1) is 0 Å². The first-order valence-corrected chi connectivity index (χ1v) is 6.51. The lowest BCUT2D eigenvalue weighted by Crippen LogP contribution is -2.42. The van der Waals surface area contributed by atoms with Crippen LogP contribution >= 0.6 is 0 Å². The van der Waals surface area contributed by atoms with Crippen LogP contribution in [-0.2, 0) is 9.59 Å². The summed E-state index contributed by atoms with van der Waals surface area (Å²) in [4.78, 5) is 24.7. The summed E-state index contributed by atoms with van der Waals surface area (Å²) in [5.41, 5.74) is 0. The molecule has 2 amide bonds. The zero-order valence-electron chi connectivity index (χ0n) is 10.2. The molecule has 2 fully saturated rings. The van der Waals surface area contributed by atoms with Crippen molar-refractivity contribution in [2.24, 2.45) is 5.92 Å². The van der Waals surface area contributed by atoms with Crippen LogP contribution < -0.4 is 10.6 Å². The van der Waals surface area contributed by atoms with Gasteiger partial charge in [0.1, 0.15) is 0 Å². The van der Waals surface area contributed by atoms with E-state index in [1.807, 2.05) is 0 Å². The van der Waals surface area contributed by atoms with Crippen LogP contribution in [0.3, 0.4) is 0 Å². The average molecular weight is 239 g/mol. The average Bonchev–Trinajstić information content (AvgIpc) is 2.74. The molecule has 5 heteroatoms. The van der Waals surface area contributed by atoms with Gasteiger partial charge in [-0.25, -0.2) is 0 Å². The Morgan fingerprint density at radius 2 is 2.35 bits per heavy atom. The molecule has 0 aromatic carbocycles. The Morgan fingerprint density at radius 1 is 1.47 bits per heavy atom. The molecule has 5 nitrogen and oxygen atoms in total. The second kappa shape index (κ2) is 6.00. The van der Waals surface area contributed by atoms with Crippen LogP contribution in [0.15, 0.2) is 0 Å². The minimum absolute atomic E-state index is 0.0224. The second-order valence-corrected chi connectivity index (χ2v) is 4.94. The standard InChI is InChI=1S/C12H21N3O2/c16-11(9-15-6-2-4-12(15)17)14-8-10-3-1-5-13-7-10/h10,13H,1-9H2,(H,14,16). The Labute approximate surface area is 102 Å². The first-order chi connectivity index (χ1) is 8.25. The number of nitrogens with zero attached hydrogens (tertiary/aromatic N) is 1. The molecule has 2 aliphatic rings. The third kappa shape index (κ3) is 3.70. The molecule has 17 heavy (non-hydrogen) atoms. The van der Waals surface area contributed by atoms with E-state index >= 15 is 0 Å². The highest BCUT2D eigenvalue weighted by atomic mass is 16.2. The van der Waals surface area contributed by atoms with Gasteiger partial charge in [-0.05, 0) is 38.3 Å². The van der Waals surface area contributed by atoms with E-state index in [2.05, 4.69) is 10.6 Å². The van der Waals surface area contributed by atoms with E-state index in [1.54, 1.807) is 4.90 Å². The molecule has 0 spiro atoms. The predicted octanol–water partition coefficient (Wildman–Crippen LogP) is -0.275. The van der Waals surface area contributed by atoms with Gasteiger partial charge in [0.15, 0.2) is 0 Å². The predicted molar refractivity (Wildman–Crippen MR) is 64.4 cm³/mol. The Hall–Kier alpha value is -1.10. The maximum absolute atomic E-state index is 11.7. The van der Waals surface area contributed by atoms with E-state index in [0.717, 1.165) is 32.6 Å². The van der Waals surface area contributed by atoms with E-state index in [-0.39, 0.29) is 18.4 Å². The first kappa shape index (κ1) is 12.4. The number of carbonyl (C=O) groups is 2. The van der Waals surface area contributed by atoms with Crippen LogP contribution in [0.5, 0.6) is 0 Å². The lowest BCUT2D eigenvalue weighted by Gasteiger charge is -2.23. The van der Waals surface area contributed by atoms with E-state index in [9.17, 15) is 9.59 Å². The van der Waals surface area contributed by atoms with Gasteiger partial charge >= 0.3 is 0 Å². The van der Waals surface area contributed by atoms with Crippen molar-refractivity contribution < 1.29 is 9.59 Å².